The molecule has 10 heteroatoms. The van der Waals surface area contributed by atoms with Crippen LogP contribution < -0.4 is 5.32 Å². The van der Waals surface area contributed by atoms with Crippen LogP contribution in [-0.2, 0) is 17.4 Å². The Morgan fingerprint density at radius 1 is 1.52 bits per heavy atom. The number of aryl methyl sites for hydroxylation is 1. The molecule has 2 aromatic heterocycles. The molecule has 0 aliphatic heterocycles. The fourth-order valence-corrected chi connectivity index (χ4v) is 2.41. The van der Waals surface area contributed by atoms with E-state index in [9.17, 15) is 18.0 Å². The smallest absolute Gasteiger partial charge is 0.347 e. The Hall–Kier alpha value is -1.97. The average molecular weight is 319 g/mol. The second kappa shape index (κ2) is 6.20. The van der Waals surface area contributed by atoms with E-state index in [0.29, 0.717) is 12.1 Å². The largest absolute Gasteiger partial charge is 0.434 e. The fraction of sp³-hybridized carbons (Fsp3) is 0.455. The zero-order valence-electron chi connectivity index (χ0n) is 10.9. The van der Waals surface area contributed by atoms with Crippen LogP contribution >= 0.6 is 11.3 Å². The molecule has 0 radical (unpaired) electrons. The second-order valence-electron chi connectivity index (χ2n) is 4.32. The van der Waals surface area contributed by atoms with Crippen LogP contribution in [0.3, 0.4) is 0 Å². The zero-order valence-corrected chi connectivity index (χ0v) is 11.8. The third kappa shape index (κ3) is 4.25. The lowest BCUT2D eigenvalue weighted by atomic mass is 10.2. The van der Waals surface area contributed by atoms with Crippen LogP contribution in [0.1, 0.15) is 35.8 Å². The molecule has 6 nitrogen and oxygen atoms in total. The number of carbonyl (C=O) groups excluding carboxylic acids is 1. The molecular weight excluding hydrogens is 307 g/mol. The normalized spacial score (nSPS) is 13.1. The van der Waals surface area contributed by atoms with Crippen molar-refractivity contribution >= 4 is 17.2 Å². The van der Waals surface area contributed by atoms with Crippen LogP contribution in [0.2, 0.25) is 0 Å². The quantitative estimate of drug-likeness (QED) is 0.884. The van der Waals surface area contributed by atoms with Crippen molar-refractivity contribution in [2.45, 2.75) is 32.0 Å². The molecular formula is C11H12F3N5OS. The lowest BCUT2D eigenvalue weighted by molar-refractivity contribution is -0.140. The van der Waals surface area contributed by atoms with Crippen molar-refractivity contribution in [2.24, 2.45) is 0 Å². The minimum absolute atomic E-state index is 0.175. The number of hydrogen-bond donors (Lipinski definition) is 2. The summed E-state index contributed by atoms with van der Waals surface area (Å²) in [6.45, 7) is 1.59. The Bertz CT molecular complexity index is 595. The molecule has 21 heavy (non-hydrogen) atoms. The first-order chi connectivity index (χ1) is 9.86. The monoisotopic (exact) mass is 319 g/mol. The molecule has 114 valence electrons. The third-order valence-electron chi connectivity index (χ3n) is 2.63. The highest BCUT2D eigenvalue weighted by Gasteiger charge is 2.34. The number of rotatable bonds is 5. The lowest BCUT2D eigenvalue weighted by Crippen LogP contribution is -2.27. The first kappa shape index (κ1) is 15.4. The highest BCUT2D eigenvalue weighted by atomic mass is 32.1. The number of H-pyrrole nitrogens is 1. The molecule has 0 aliphatic rings. The van der Waals surface area contributed by atoms with Crippen molar-refractivity contribution in [3.05, 3.63) is 28.0 Å². The highest BCUT2D eigenvalue weighted by Crippen LogP contribution is 2.31. The minimum atomic E-state index is -4.47. The van der Waals surface area contributed by atoms with E-state index < -0.39 is 17.9 Å². The zero-order chi connectivity index (χ0) is 15.5. The van der Waals surface area contributed by atoms with E-state index >= 15 is 0 Å². The Morgan fingerprint density at radius 2 is 2.29 bits per heavy atom. The van der Waals surface area contributed by atoms with E-state index in [0.717, 1.165) is 16.7 Å². The van der Waals surface area contributed by atoms with Gasteiger partial charge in [-0.1, -0.05) is 0 Å². The van der Waals surface area contributed by atoms with Gasteiger partial charge >= 0.3 is 6.18 Å². The van der Waals surface area contributed by atoms with Crippen molar-refractivity contribution in [3.63, 3.8) is 0 Å². The van der Waals surface area contributed by atoms with Gasteiger partial charge in [-0.3, -0.25) is 4.79 Å². The van der Waals surface area contributed by atoms with Gasteiger partial charge in [0.1, 0.15) is 5.01 Å². The second-order valence-corrected chi connectivity index (χ2v) is 5.21. The molecule has 2 rings (SSSR count). The van der Waals surface area contributed by atoms with E-state index in [2.05, 4.69) is 25.7 Å². The average Bonchev–Trinajstić information content (AvgIpc) is 3.07. The van der Waals surface area contributed by atoms with Gasteiger partial charge in [0, 0.05) is 18.2 Å². The minimum Gasteiger partial charge on any atom is -0.347 e. The Kier molecular flexibility index (Phi) is 4.56. The third-order valence-corrected chi connectivity index (χ3v) is 3.66. The summed E-state index contributed by atoms with van der Waals surface area (Å²) in [4.78, 5) is 15.2. The van der Waals surface area contributed by atoms with Gasteiger partial charge in [0.05, 0.1) is 17.9 Å². The number of thiazole rings is 1. The molecule has 2 aromatic rings. The predicted octanol–water partition coefficient (Wildman–Crippen LogP) is 2.09. The summed E-state index contributed by atoms with van der Waals surface area (Å²) in [7, 11) is 0. The summed E-state index contributed by atoms with van der Waals surface area (Å²) in [5.41, 5.74) is -0.294. The summed E-state index contributed by atoms with van der Waals surface area (Å²) in [5, 5.41) is 13.6. The SMILES string of the molecule is CC(NC(=O)CCc1cn[nH]n1)c1nc(C(F)(F)F)cs1. The molecule has 2 heterocycles. The molecule has 1 amide bonds. The van der Waals surface area contributed by atoms with Crippen LogP contribution in [0, 0.1) is 0 Å². The van der Waals surface area contributed by atoms with E-state index in [4.69, 9.17) is 0 Å². The van der Waals surface area contributed by atoms with Crippen LogP contribution in [0.15, 0.2) is 11.6 Å². The van der Waals surface area contributed by atoms with Gasteiger partial charge in [-0.2, -0.15) is 28.6 Å². The van der Waals surface area contributed by atoms with E-state index in [1.165, 1.54) is 6.20 Å². The molecule has 0 saturated heterocycles. The van der Waals surface area contributed by atoms with Crippen molar-refractivity contribution in [1.29, 1.82) is 0 Å². The summed E-state index contributed by atoms with van der Waals surface area (Å²) in [6.07, 6.45) is -2.38. The molecule has 2 N–H and O–H groups in total. The van der Waals surface area contributed by atoms with E-state index in [1.807, 2.05) is 0 Å². The fourth-order valence-electron chi connectivity index (χ4n) is 1.58. The Labute approximate surface area is 121 Å². The van der Waals surface area contributed by atoms with Crippen molar-refractivity contribution < 1.29 is 18.0 Å². The molecule has 0 bridgehead atoms. The van der Waals surface area contributed by atoms with Crippen molar-refractivity contribution in [3.8, 4) is 0 Å². The number of aromatic amines is 1. The molecule has 1 atom stereocenters. The van der Waals surface area contributed by atoms with Gasteiger partial charge in [-0.15, -0.1) is 11.3 Å². The van der Waals surface area contributed by atoms with Gasteiger partial charge in [-0.05, 0) is 6.92 Å². The highest BCUT2D eigenvalue weighted by molar-refractivity contribution is 7.09. The van der Waals surface area contributed by atoms with Gasteiger partial charge in [0.2, 0.25) is 5.91 Å². The standard InChI is InChI=1S/C11H12F3N5OS/c1-6(10-17-8(5-21-10)11(12,13)14)16-9(20)3-2-7-4-15-19-18-7/h4-6H,2-3H2,1H3,(H,16,20)(H,15,18,19). The summed E-state index contributed by atoms with van der Waals surface area (Å²) < 4.78 is 37.3. The number of aromatic nitrogens is 4. The number of nitrogens with zero attached hydrogens (tertiary/aromatic N) is 3. The van der Waals surface area contributed by atoms with Crippen LogP contribution in [0.5, 0.6) is 0 Å². The molecule has 0 aromatic carbocycles. The van der Waals surface area contributed by atoms with Crippen molar-refractivity contribution in [1.82, 2.24) is 25.7 Å². The molecule has 0 saturated carbocycles. The van der Waals surface area contributed by atoms with Crippen LogP contribution in [0.25, 0.3) is 0 Å². The van der Waals surface area contributed by atoms with Crippen molar-refractivity contribution in [2.75, 3.05) is 0 Å². The number of alkyl halides is 3. The molecule has 0 aliphatic carbocycles. The summed E-state index contributed by atoms with van der Waals surface area (Å²) in [5.74, 6) is -0.283. The maximum atomic E-state index is 12.4. The lowest BCUT2D eigenvalue weighted by Gasteiger charge is -2.10. The number of nitrogens with one attached hydrogen (secondary N) is 2. The number of amides is 1. The predicted molar refractivity (Wildman–Crippen MR) is 68.4 cm³/mol. The van der Waals surface area contributed by atoms with E-state index in [-0.39, 0.29) is 17.3 Å². The number of carbonyl (C=O) groups is 1. The Balaban J connectivity index is 1.87. The Morgan fingerprint density at radius 3 is 2.86 bits per heavy atom. The topological polar surface area (TPSA) is 83.6 Å². The summed E-state index contributed by atoms with van der Waals surface area (Å²) >= 11 is 0.869. The maximum absolute atomic E-state index is 12.4. The van der Waals surface area contributed by atoms with Gasteiger partial charge in [0.15, 0.2) is 5.69 Å². The maximum Gasteiger partial charge on any atom is 0.434 e. The van der Waals surface area contributed by atoms with Gasteiger partial charge < -0.3 is 5.32 Å². The van der Waals surface area contributed by atoms with Gasteiger partial charge in [-0.25, -0.2) is 4.98 Å². The summed E-state index contributed by atoms with van der Waals surface area (Å²) in [6, 6.07) is -0.573. The molecule has 0 fully saturated rings. The van der Waals surface area contributed by atoms with Gasteiger partial charge in [0.25, 0.3) is 0 Å². The first-order valence-corrected chi connectivity index (χ1v) is 6.91. The molecule has 0 spiro atoms. The molecule has 1 unspecified atom stereocenters. The van der Waals surface area contributed by atoms with E-state index in [1.54, 1.807) is 6.92 Å². The number of hydrogen-bond acceptors (Lipinski definition) is 5. The first-order valence-electron chi connectivity index (χ1n) is 6.03. The van der Waals surface area contributed by atoms with Crippen LogP contribution in [-0.4, -0.2) is 26.3 Å². The number of halogens is 3. The van der Waals surface area contributed by atoms with Crippen LogP contribution in [0.4, 0.5) is 13.2 Å².